The maximum atomic E-state index is 11.1. The second-order valence-corrected chi connectivity index (χ2v) is 4.23. The third-order valence-corrected chi connectivity index (χ3v) is 3.09. The van der Waals surface area contributed by atoms with Gasteiger partial charge in [-0.05, 0) is 0 Å². The molecular formula is C11H12N2O3S. The van der Waals surface area contributed by atoms with E-state index < -0.39 is 0 Å². The summed E-state index contributed by atoms with van der Waals surface area (Å²) in [5.41, 5.74) is 3.05. The van der Waals surface area contributed by atoms with Crippen molar-refractivity contribution in [2.75, 3.05) is 19.5 Å². The summed E-state index contributed by atoms with van der Waals surface area (Å²) in [6.07, 6.45) is 0. The molecule has 0 unspecified atom stereocenters. The van der Waals surface area contributed by atoms with Gasteiger partial charge in [-0.1, -0.05) is 0 Å². The minimum atomic E-state index is -0.158. The largest absolute Gasteiger partial charge is 0.494 e. The SMILES string of the molecule is COc1cc(NC(C)=O)c(OC)c2scnc12. The van der Waals surface area contributed by atoms with E-state index in [1.807, 2.05) is 0 Å². The van der Waals surface area contributed by atoms with Crippen LogP contribution >= 0.6 is 11.3 Å². The number of benzene rings is 1. The summed E-state index contributed by atoms with van der Waals surface area (Å²) >= 11 is 1.44. The van der Waals surface area contributed by atoms with Crippen molar-refractivity contribution in [1.82, 2.24) is 4.98 Å². The molecule has 0 aliphatic heterocycles. The molecule has 1 heterocycles. The van der Waals surface area contributed by atoms with E-state index in [2.05, 4.69) is 10.3 Å². The molecule has 5 nitrogen and oxygen atoms in total. The Morgan fingerprint density at radius 2 is 2.18 bits per heavy atom. The first kappa shape index (κ1) is 11.7. The number of carbonyl (C=O) groups is 1. The number of nitrogens with one attached hydrogen (secondary N) is 1. The molecule has 0 saturated heterocycles. The molecule has 2 aromatic rings. The van der Waals surface area contributed by atoms with Crippen LogP contribution in [0.4, 0.5) is 5.69 Å². The number of carbonyl (C=O) groups excluding carboxylic acids is 1. The van der Waals surface area contributed by atoms with Crippen LogP contribution in [-0.4, -0.2) is 25.1 Å². The Balaban J connectivity index is 2.68. The fraction of sp³-hybridized carbons (Fsp3) is 0.273. The number of fused-ring (bicyclic) bond motifs is 1. The van der Waals surface area contributed by atoms with Gasteiger partial charge in [-0.3, -0.25) is 4.79 Å². The van der Waals surface area contributed by atoms with E-state index >= 15 is 0 Å². The summed E-state index contributed by atoms with van der Waals surface area (Å²) in [5, 5.41) is 2.72. The smallest absolute Gasteiger partial charge is 0.221 e. The zero-order valence-corrected chi connectivity index (χ0v) is 10.6. The molecule has 0 bridgehead atoms. The molecule has 6 heteroatoms. The second-order valence-electron chi connectivity index (χ2n) is 3.37. The summed E-state index contributed by atoms with van der Waals surface area (Å²) in [4.78, 5) is 15.4. The van der Waals surface area contributed by atoms with E-state index in [1.165, 1.54) is 18.3 Å². The van der Waals surface area contributed by atoms with Crippen LogP contribution in [-0.2, 0) is 4.79 Å². The van der Waals surface area contributed by atoms with Crippen molar-refractivity contribution in [2.24, 2.45) is 0 Å². The fourth-order valence-corrected chi connectivity index (χ4v) is 2.44. The third-order valence-electron chi connectivity index (χ3n) is 2.26. The van der Waals surface area contributed by atoms with Gasteiger partial charge in [-0.15, -0.1) is 11.3 Å². The quantitative estimate of drug-likeness (QED) is 0.910. The monoisotopic (exact) mass is 252 g/mol. The van der Waals surface area contributed by atoms with E-state index in [1.54, 1.807) is 25.8 Å². The molecule has 90 valence electrons. The molecule has 1 aromatic carbocycles. The Bertz CT molecular complexity index is 565. The standard InChI is InChI=1S/C11H12N2O3S/c1-6(14)13-7-4-8(15-2)9-11(10(7)16-3)17-5-12-9/h4-5H,1-3H3,(H,13,14). The van der Waals surface area contributed by atoms with Gasteiger partial charge in [0.2, 0.25) is 5.91 Å². The van der Waals surface area contributed by atoms with Crippen LogP contribution in [0.2, 0.25) is 0 Å². The van der Waals surface area contributed by atoms with Crippen molar-refractivity contribution in [3.8, 4) is 11.5 Å². The number of rotatable bonds is 3. The molecular weight excluding hydrogens is 240 g/mol. The Labute approximate surface area is 102 Å². The Morgan fingerprint density at radius 1 is 1.41 bits per heavy atom. The predicted octanol–water partition coefficient (Wildman–Crippen LogP) is 2.27. The number of nitrogens with zero attached hydrogens (tertiary/aromatic N) is 1. The molecule has 2 rings (SSSR count). The second kappa shape index (κ2) is 4.58. The molecule has 0 saturated carbocycles. The van der Waals surface area contributed by atoms with Gasteiger partial charge in [0.25, 0.3) is 0 Å². The molecule has 17 heavy (non-hydrogen) atoms. The average molecular weight is 252 g/mol. The van der Waals surface area contributed by atoms with Crippen LogP contribution < -0.4 is 14.8 Å². The first-order valence-corrected chi connectivity index (χ1v) is 5.81. The van der Waals surface area contributed by atoms with Crippen LogP contribution in [0.1, 0.15) is 6.92 Å². The molecule has 1 N–H and O–H groups in total. The summed E-state index contributed by atoms with van der Waals surface area (Å²) < 4.78 is 11.4. The lowest BCUT2D eigenvalue weighted by molar-refractivity contribution is -0.114. The molecule has 1 amide bonds. The molecule has 0 spiro atoms. The number of hydrogen-bond donors (Lipinski definition) is 1. The van der Waals surface area contributed by atoms with Gasteiger partial charge in [0.1, 0.15) is 16.0 Å². The summed E-state index contributed by atoms with van der Waals surface area (Å²) in [6, 6.07) is 1.71. The molecule has 0 aliphatic rings. The Hall–Kier alpha value is -1.82. The lowest BCUT2D eigenvalue weighted by atomic mass is 10.2. The van der Waals surface area contributed by atoms with E-state index in [9.17, 15) is 4.79 Å². The number of aromatic nitrogens is 1. The maximum Gasteiger partial charge on any atom is 0.221 e. The highest BCUT2D eigenvalue weighted by molar-refractivity contribution is 7.17. The van der Waals surface area contributed by atoms with Gasteiger partial charge < -0.3 is 14.8 Å². The zero-order valence-electron chi connectivity index (χ0n) is 9.73. The molecule has 0 aliphatic carbocycles. The van der Waals surface area contributed by atoms with Gasteiger partial charge in [-0.2, -0.15) is 0 Å². The lowest BCUT2D eigenvalue weighted by Crippen LogP contribution is -2.07. The van der Waals surface area contributed by atoms with E-state index in [4.69, 9.17) is 9.47 Å². The fourth-order valence-electron chi connectivity index (χ4n) is 1.61. The van der Waals surface area contributed by atoms with Crippen LogP contribution in [0.5, 0.6) is 11.5 Å². The molecule has 0 fully saturated rings. The van der Waals surface area contributed by atoms with E-state index in [0.29, 0.717) is 17.2 Å². The number of anilines is 1. The minimum Gasteiger partial charge on any atom is -0.494 e. The van der Waals surface area contributed by atoms with Gasteiger partial charge in [0.05, 0.1) is 25.4 Å². The summed E-state index contributed by atoms with van der Waals surface area (Å²) in [6.45, 7) is 1.45. The van der Waals surface area contributed by atoms with Crippen molar-refractivity contribution in [2.45, 2.75) is 6.92 Å². The predicted molar refractivity (Wildman–Crippen MR) is 67.0 cm³/mol. The van der Waals surface area contributed by atoms with Crippen molar-refractivity contribution in [3.63, 3.8) is 0 Å². The maximum absolute atomic E-state index is 11.1. The first-order valence-electron chi connectivity index (χ1n) is 4.93. The van der Waals surface area contributed by atoms with Crippen LogP contribution in [0.15, 0.2) is 11.6 Å². The van der Waals surface area contributed by atoms with Gasteiger partial charge >= 0.3 is 0 Å². The molecule has 1 aromatic heterocycles. The van der Waals surface area contributed by atoms with Crippen LogP contribution in [0, 0.1) is 0 Å². The number of methoxy groups -OCH3 is 2. The topological polar surface area (TPSA) is 60.5 Å². The Kier molecular flexibility index (Phi) is 3.14. The number of hydrogen-bond acceptors (Lipinski definition) is 5. The van der Waals surface area contributed by atoms with Gasteiger partial charge in [0.15, 0.2) is 5.75 Å². The first-order chi connectivity index (χ1) is 8.17. The van der Waals surface area contributed by atoms with Crippen molar-refractivity contribution < 1.29 is 14.3 Å². The van der Waals surface area contributed by atoms with Gasteiger partial charge in [0, 0.05) is 13.0 Å². The van der Waals surface area contributed by atoms with Crippen molar-refractivity contribution >= 4 is 33.1 Å². The average Bonchev–Trinajstić information content (AvgIpc) is 2.76. The Morgan fingerprint density at radius 3 is 2.76 bits per heavy atom. The normalized spacial score (nSPS) is 10.3. The lowest BCUT2D eigenvalue weighted by Gasteiger charge is -2.11. The van der Waals surface area contributed by atoms with Crippen molar-refractivity contribution in [3.05, 3.63) is 11.6 Å². The highest BCUT2D eigenvalue weighted by Crippen LogP contribution is 2.41. The highest BCUT2D eigenvalue weighted by atomic mass is 32.1. The zero-order chi connectivity index (χ0) is 12.4. The minimum absolute atomic E-state index is 0.158. The molecule has 0 atom stereocenters. The summed E-state index contributed by atoms with van der Waals surface area (Å²) in [5.74, 6) is 1.07. The van der Waals surface area contributed by atoms with Crippen molar-refractivity contribution in [1.29, 1.82) is 0 Å². The highest BCUT2D eigenvalue weighted by Gasteiger charge is 2.16. The van der Waals surface area contributed by atoms with Crippen LogP contribution in [0.3, 0.4) is 0 Å². The number of thiazole rings is 1. The summed E-state index contributed by atoms with van der Waals surface area (Å²) in [7, 11) is 3.13. The third kappa shape index (κ3) is 2.03. The van der Waals surface area contributed by atoms with Gasteiger partial charge in [-0.25, -0.2) is 4.98 Å². The number of amides is 1. The number of ether oxygens (including phenoxy) is 2. The molecule has 0 radical (unpaired) electrons. The van der Waals surface area contributed by atoms with E-state index in [0.717, 1.165) is 10.2 Å². The van der Waals surface area contributed by atoms with Crippen LogP contribution in [0.25, 0.3) is 10.2 Å². The van der Waals surface area contributed by atoms with E-state index in [-0.39, 0.29) is 5.91 Å².